The van der Waals surface area contributed by atoms with E-state index in [9.17, 15) is 4.79 Å². The van der Waals surface area contributed by atoms with Gasteiger partial charge in [-0.2, -0.15) is 0 Å². The van der Waals surface area contributed by atoms with Crippen LogP contribution in [0.4, 0.5) is 0 Å². The highest BCUT2D eigenvalue weighted by Crippen LogP contribution is 2.30. The first kappa shape index (κ1) is 10.1. The Morgan fingerprint density at radius 3 is 3.00 bits per heavy atom. The first-order chi connectivity index (χ1) is 8.24. The summed E-state index contributed by atoms with van der Waals surface area (Å²) in [6.07, 6.45) is 3.08. The summed E-state index contributed by atoms with van der Waals surface area (Å²) in [7, 11) is 0. The number of rotatable bonds is 2. The first-order valence-electron chi connectivity index (χ1n) is 5.73. The minimum atomic E-state index is -0.777. The number of benzene rings is 1. The van der Waals surface area contributed by atoms with Crippen molar-refractivity contribution in [2.75, 3.05) is 0 Å². The molecule has 0 spiro atoms. The summed E-state index contributed by atoms with van der Waals surface area (Å²) < 4.78 is 2.15. The van der Waals surface area contributed by atoms with E-state index >= 15 is 0 Å². The van der Waals surface area contributed by atoms with Crippen molar-refractivity contribution in [1.82, 2.24) is 4.57 Å². The molecule has 2 heterocycles. The lowest BCUT2D eigenvalue weighted by molar-refractivity contribution is -0.136. The van der Waals surface area contributed by atoms with Gasteiger partial charge < -0.3 is 9.67 Å². The molecule has 1 aromatic carbocycles. The summed E-state index contributed by atoms with van der Waals surface area (Å²) in [5, 5.41) is 8.81. The fourth-order valence-corrected chi connectivity index (χ4v) is 2.48. The van der Waals surface area contributed by atoms with Gasteiger partial charge in [0.2, 0.25) is 0 Å². The zero-order valence-electron chi connectivity index (χ0n) is 9.39. The van der Waals surface area contributed by atoms with E-state index in [2.05, 4.69) is 22.8 Å². The van der Waals surface area contributed by atoms with Gasteiger partial charge in [0.1, 0.15) is 0 Å². The van der Waals surface area contributed by atoms with E-state index in [-0.39, 0.29) is 6.42 Å². The second-order valence-corrected chi connectivity index (χ2v) is 4.40. The van der Waals surface area contributed by atoms with Crippen molar-refractivity contribution in [3.63, 3.8) is 0 Å². The second kappa shape index (κ2) is 3.77. The highest BCUT2D eigenvalue weighted by Gasteiger charge is 2.17. The number of carboxylic acid groups (broad SMARTS) is 1. The summed E-state index contributed by atoms with van der Waals surface area (Å²) in [5.74, 6) is -0.777. The van der Waals surface area contributed by atoms with Gasteiger partial charge in [-0.1, -0.05) is 24.3 Å². The minimum Gasteiger partial charge on any atom is -0.481 e. The van der Waals surface area contributed by atoms with Crippen molar-refractivity contribution in [3.05, 3.63) is 47.7 Å². The highest BCUT2D eigenvalue weighted by molar-refractivity contribution is 5.73. The quantitative estimate of drug-likeness (QED) is 0.855. The van der Waals surface area contributed by atoms with Crippen LogP contribution in [0, 0.1) is 0 Å². The van der Waals surface area contributed by atoms with E-state index in [1.165, 1.54) is 11.1 Å². The van der Waals surface area contributed by atoms with Gasteiger partial charge in [0.15, 0.2) is 0 Å². The predicted molar refractivity (Wildman–Crippen MR) is 64.9 cm³/mol. The molecule has 0 unspecified atom stereocenters. The van der Waals surface area contributed by atoms with Crippen molar-refractivity contribution in [3.8, 4) is 11.3 Å². The molecule has 1 aliphatic rings. The SMILES string of the molecule is O=C(O)Cc1cc2n(c1)CCc1ccccc1-2. The summed E-state index contributed by atoms with van der Waals surface area (Å²) in [5.41, 5.74) is 4.60. The second-order valence-electron chi connectivity index (χ2n) is 4.40. The van der Waals surface area contributed by atoms with Crippen molar-refractivity contribution in [2.45, 2.75) is 19.4 Å². The molecule has 0 saturated carbocycles. The van der Waals surface area contributed by atoms with Gasteiger partial charge in [-0.25, -0.2) is 0 Å². The number of aryl methyl sites for hydroxylation is 2. The average Bonchev–Trinajstić information content (AvgIpc) is 2.70. The van der Waals surface area contributed by atoms with Crippen LogP contribution in [0.25, 0.3) is 11.3 Å². The van der Waals surface area contributed by atoms with E-state index in [1.54, 1.807) is 0 Å². The van der Waals surface area contributed by atoms with E-state index in [1.807, 2.05) is 18.3 Å². The maximum absolute atomic E-state index is 10.7. The number of hydrogen-bond donors (Lipinski definition) is 1. The fourth-order valence-electron chi connectivity index (χ4n) is 2.48. The number of aliphatic carboxylic acids is 1. The Bertz CT molecular complexity index is 584. The zero-order valence-corrected chi connectivity index (χ0v) is 9.39. The lowest BCUT2D eigenvalue weighted by Crippen LogP contribution is -2.09. The third kappa shape index (κ3) is 1.73. The van der Waals surface area contributed by atoms with E-state index in [0.717, 1.165) is 24.2 Å². The van der Waals surface area contributed by atoms with Crippen molar-refractivity contribution in [2.24, 2.45) is 0 Å². The third-order valence-corrected chi connectivity index (χ3v) is 3.22. The van der Waals surface area contributed by atoms with Gasteiger partial charge in [-0.15, -0.1) is 0 Å². The summed E-state index contributed by atoms with van der Waals surface area (Å²) in [4.78, 5) is 10.7. The lowest BCUT2D eigenvalue weighted by Gasteiger charge is -2.18. The summed E-state index contributed by atoms with van der Waals surface area (Å²) in [6.45, 7) is 0.936. The molecule has 1 aromatic heterocycles. The molecule has 17 heavy (non-hydrogen) atoms. The molecule has 2 aromatic rings. The van der Waals surface area contributed by atoms with Gasteiger partial charge >= 0.3 is 5.97 Å². The Morgan fingerprint density at radius 1 is 1.35 bits per heavy atom. The number of fused-ring (bicyclic) bond motifs is 3. The van der Waals surface area contributed by atoms with Crippen LogP contribution in [-0.4, -0.2) is 15.6 Å². The van der Waals surface area contributed by atoms with Gasteiger partial charge in [0.25, 0.3) is 0 Å². The molecular weight excluding hydrogens is 214 g/mol. The largest absolute Gasteiger partial charge is 0.481 e. The number of nitrogens with zero attached hydrogens (tertiary/aromatic N) is 1. The molecule has 0 fully saturated rings. The van der Waals surface area contributed by atoms with Crippen LogP contribution in [0.1, 0.15) is 11.1 Å². The summed E-state index contributed by atoms with van der Waals surface area (Å²) in [6, 6.07) is 10.3. The van der Waals surface area contributed by atoms with E-state index in [4.69, 9.17) is 5.11 Å². The molecular formula is C14H13NO2. The van der Waals surface area contributed by atoms with E-state index < -0.39 is 5.97 Å². The van der Waals surface area contributed by atoms with Crippen LogP contribution < -0.4 is 0 Å². The van der Waals surface area contributed by atoms with Crippen LogP contribution in [-0.2, 0) is 24.2 Å². The van der Waals surface area contributed by atoms with Crippen LogP contribution in [0.15, 0.2) is 36.5 Å². The molecule has 1 N–H and O–H groups in total. The Morgan fingerprint density at radius 2 is 2.18 bits per heavy atom. The van der Waals surface area contributed by atoms with Gasteiger partial charge in [0, 0.05) is 24.0 Å². The Hall–Kier alpha value is -2.03. The van der Waals surface area contributed by atoms with Gasteiger partial charge in [-0.05, 0) is 23.6 Å². The monoisotopic (exact) mass is 227 g/mol. The van der Waals surface area contributed by atoms with Crippen LogP contribution in [0.5, 0.6) is 0 Å². The first-order valence-corrected chi connectivity index (χ1v) is 5.73. The Balaban J connectivity index is 2.07. The fraction of sp³-hybridized carbons (Fsp3) is 0.214. The number of carbonyl (C=O) groups is 1. The predicted octanol–water partition coefficient (Wildman–Crippen LogP) is 2.34. The van der Waals surface area contributed by atoms with Gasteiger partial charge in [0.05, 0.1) is 6.42 Å². The van der Waals surface area contributed by atoms with Crippen molar-refractivity contribution in [1.29, 1.82) is 0 Å². The molecule has 1 aliphatic heterocycles. The van der Waals surface area contributed by atoms with E-state index in [0.29, 0.717) is 0 Å². The van der Waals surface area contributed by atoms with Crippen molar-refractivity contribution < 1.29 is 9.90 Å². The molecule has 0 saturated heterocycles. The molecule has 0 aliphatic carbocycles. The number of aromatic nitrogens is 1. The summed E-state index contributed by atoms with van der Waals surface area (Å²) >= 11 is 0. The maximum atomic E-state index is 10.7. The Kier molecular flexibility index (Phi) is 2.25. The zero-order chi connectivity index (χ0) is 11.8. The third-order valence-electron chi connectivity index (χ3n) is 3.22. The van der Waals surface area contributed by atoms with Crippen molar-refractivity contribution >= 4 is 5.97 Å². The van der Waals surface area contributed by atoms with Crippen LogP contribution in [0.3, 0.4) is 0 Å². The Labute approximate surface area is 99.3 Å². The number of carboxylic acids is 1. The molecule has 0 amide bonds. The smallest absolute Gasteiger partial charge is 0.307 e. The molecule has 3 heteroatoms. The van der Waals surface area contributed by atoms with Gasteiger partial charge in [-0.3, -0.25) is 4.79 Å². The normalized spacial score (nSPS) is 12.9. The van der Waals surface area contributed by atoms with Crippen LogP contribution in [0.2, 0.25) is 0 Å². The topological polar surface area (TPSA) is 42.2 Å². The molecule has 0 radical (unpaired) electrons. The van der Waals surface area contributed by atoms with Crippen LogP contribution >= 0.6 is 0 Å². The minimum absolute atomic E-state index is 0.0994. The molecule has 0 bridgehead atoms. The highest BCUT2D eigenvalue weighted by atomic mass is 16.4. The molecule has 3 rings (SSSR count). The molecule has 86 valence electrons. The standard InChI is InChI=1S/C14H13NO2/c16-14(17)8-10-7-13-12-4-2-1-3-11(12)5-6-15(13)9-10/h1-4,7,9H,5-6,8H2,(H,16,17). The number of hydrogen-bond acceptors (Lipinski definition) is 1. The lowest BCUT2D eigenvalue weighted by atomic mass is 9.99. The molecule has 0 atom stereocenters. The maximum Gasteiger partial charge on any atom is 0.307 e. The average molecular weight is 227 g/mol. The molecule has 3 nitrogen and oxygen atoms in total.